The lowest BCUT2D eigenvalue weighted by atomic mass is 10.2. The van der Waals surface area contributed by atoms with Crippen molar-refractivity contribution in [1.29, 1.82) is 0 Å². The van der Waals surface area contributed by atoms with Crippen LogP contribution in [0, 0.1) is 0 Å². The summed E-state index contributed by atoms with van der Waals surface area (Å²) in [6.07, 6.45) is 2.37. The monoisotopic (exact) mass is 354 g/mol. The lowest BCUT2D eigenvalue weighted by molar-refractivity contribution is 0.0766. The Morgan fingerprint density at radius 2 is 2.27 bits per heavy atom. The zero-order valence-electron chi connectivity index (χ0n) is 11.8. The Morgan fingerprint density at radius 1 is 1.41 bits per heavy atom. The molecule has 1 atom stereocenters. The summed E-state index contributed by atoms with van der Waals surface area (Å²) in [4.78, 5) is 29.5. The average Bonchev–Trinajstić information content (AvgIpc) is 2.94. The maximum atomic E-state index is 12.5. The predicted octanol–water partition coefficient (Wildman–Crippen LogP) is 3.41. The summed E-state index contributed by atoms with van der Waals surface area (Å²) < 4.78 is 0. The van der Waals surface area contributed by atoms with Gasteiger partial charge in [0.15, 0.2) is 0 Å². The van der Waals surface area contributed by atoms with E-state index in [1.807, 2.05) is 16.7 Å². The minimum Gasteiger partial charge on any atom is -0.338 e. The number of H-pyrrole nitrogens is 1. The third kappa shape index (κ3) is 3.39. The first-order chi connectivity index (χ1) is 10.6. The molecule has 116 valence electrons. The van der Waals surface area contributed by atoms with E-state index in [4.69, 9.17) is 11.6 Å². The Kier molecular flexibility index (Phi) is 4.90. The van der Waals surface area contributed by atoms with Gasteiger partial charge in [0.2, 0.25) is 0 Å². The van der Waals surface area contributed by atoms with Crippen molar-refractivity contribution in [2.45, 2.75) is 11.7 Å². The van der Waals surface area contributed by atoms with Crippen molar-refractivity contribution in [3.63, 3.8) is 0 Å². The number of halogens is 1. The first-order valence-electron chi connectivity index (χ1n) is 6.97. The second-order valence-electron chi connectivity index (χ2n) is 5.02. The van der Waals surface area contributed by atoms with Gasteiger partial charge in [-0.15, -0.1) is 11.3 Å². The second kappa shape index (κ2) is 6.89. The molecule has 0 aliphatic carbocycles. The summed E-state index contributed by atoms with van der Waals surface area (Å²) in [5, 5.41) is 2.59. The number of rotatable bonds is 2. The van der Waals surface area contributed by atoms with Crippen LogP contribution in [0.3, 0.4) is 0 Å². The average molecular weight is 355 g/mol. The quantitative estimate of drug-likeness (QED) is 0.899. The number of hydrogen-bond acceptors (Lipinski definition) is 4. The summed E-state index contributed by atoms with van der Waals surface area (Å²) in [5.74, 6) is 0.830. The van der Waals surface area contributed by atoms with Gasteiger partial charge < -0.3 is 9.88 Å². The summed E-state index contributed by atoms with van der Waals surface area (Å²) in [6, 6.07) is 5.66. The van der Waals surface area contributed by atoms with Crippen LogP contribution in [-0.2, 0) is 0 Å². The summed E-state index contributed by atoms with van der Waals surface area (Å²) in [6.45, 7) is 1.42. The van der Waals surface area contributed by atoms with Gasteiger partial charge in [0.1, 0.15) is 5.02 Å². The molecular formula is C15H15ClN2O2S2. The van der Waals surface area contributed by atoms with Crippen LogP contribution in [0.1, 0.15) is 26.9 Å². The van der Waals surface area contributed by atoms with Crippen LogP contribution >= 0.6 is 34.7 Å². The highest BCUT2D eigenvalue weighted by atomic mass is 35.5. The maximum Gasteiger partial charge on any atom is 0.266 e. The molecule has 1 N–H and O–H groups in total. The second-order valence-corrected chi connectivity index (χ2v) is 7.72. The molecule has 3 heterocycles. The highest BCUT2D eigenvalue weighted by Gasteiger charge is 2.23. The largest absolute Gasteiger partial charge is 0.338 e. The predicted molar refractivity (Wildman–Crippen MR) is 92.1 cm³/mol. The molecule has 0 spiro atoms. The molecule has 1 fully saturated rings. The van der Waals surface area contributed by atoms with Crippen molar-refractivity contribution in [3.8, 4) is 0 Å². The Bertz CT molecular complexity index is 715. The highest BCUT2D eigenvalue weighted by molar-refractivity contribution is 7.99. The van der Waals surface area contributed by atoms with Crippen LogP contribution in [0.15, 0.2) is 34.6 Å². The fraction of sp³-hybridized carbons (Fsp3) is 0.333. The number of hydrogen-bond donors (Lipinski definition) is 1. The van der Waals surface area contributed by atoms with Crippen LogP contribution in [-0.4, -0.2) is 34.6 Å². The van der Waals surface area contributed by atoms with Gasteiger partial charge in [-0.1, -0.05) is 17.7 Å². The van der Waals surface area contributed by atoms with E-state index in [1.165, 1.54) is 17.1 Å². The Hall–Kier alpha value is -1.24. The molecule has 0 bridgehead atoms. The minimum absolute atomic E-state index is 0.0477. The van der Waals surface area contributed by atoms with Gasteiger partial charge in [-0.25, -0.2) is 0 Å². The summed E-state index contributed by atoms with van der Waals surface area (Å²) in [7, 11) is 0. The molecule has 22 heavy (non-hydrogen) atoms. The molecule has 0 aromatic carbocycles. The molecule has 1 saturated heterocycles. The Morgan fingerprint density at radius 3 is 3.00 bits per heavy atom. The first-order valence-corrected chi connectivity index (χ1v) is 9.28. The highest BCUT2D eigenvalue weighted by Crippen LogP contribution is 2.36. The van der Waals surface area contributed by atoms with E-state index in [1.54, 1.807) is 11.3 Å². The number of nitrogens with zero attached hydrogens (tertiary/aromatic N) is 1. The lowest BCUT2D eigenvalue weighted by Crippen LogP contribution is -2.33. The smallest absolute Gasteiger partial charge is 0.266 e. The maximum absolute atomic E-state index is 12.5. The zero-order chi connectivity index (χ0) is 15.5. The summed E-state index contributed by atoms with van der Waals surface area (Å²) >= 11 is 9.47. The van der Waals surface area contributed by atoms with E-state index in [0.29, 0.717) is 23.9 Å². The van der Waals surface area contributed by atoms with E-state index in [-0.39, 0.29) is 16.5 Å². The van der Waals surface area contributed by atoms with Gasteiger partial charge >= 0.3 is 0 Å². The zero-order valence-corrected chi connectivity index (χ0v) is 14.1. The topological polar surface area (TPSA) is 53.2 Å². The van der Waals surface area contributed by atoms with Crippen molar-refractivity contribution in [1.82, 2.24) is 9.88 Å². The van der Waals surface area contributed by atoms with Crippen molar-refractivity contribution in [2.24, 2.45) is 0 Å². The summed E-state index contributed by atoms with van der Waals surface area (Å²) in [5.41, 5.74) is 0.0616. The van der Waals surface area contributed by atoms with Crippen molar-refractivity contribution >= 4 is 40.6 Å². The molecule has 3 rings (SSSR count). The van der Waals surface area contributed by atoms with Crippen molar-refractivity contribution in [3.05, 3.63) is 55.6 Å². The molecule has 1 unspecified atom stereocenters. The van der Waals surface area contributed by atoms with E-state index >= 15 is 0 Å². The van der Waals surface area contributed by atoms with Crippen LogP contribution in [0.5, 0.6) is 0 Å². The molecular weight excluding hydrogens is 340 g/mol. The lowest BCUT2D eigenvalue weighted by Gasteiger charge is -2.20. The molecule has 0 saturated carbocycles. The molecule has 7 heteroatoms. The van der Waals surface area contributed by atoms with E-state index in [2.05, 4.69) is 22.5 Å². The van der Waals surface area contributed by atoms with Crippen LogP contribution in [0.25, 0.3) is 0 Å². The van der Waals surface area contributed by atoms with Gasteiger partial charge in [-0.2, -0.15) is 11.8 Å². The molecule has 2 aromatic rings. The number of carbonyl (C=O) groups excluding carboxylic acids is 1. The van der Waals surface area contributed by atoms with Gasteiger partial charge in [-0.05, 0) is 23.9 Å². The van der Waals surface area contributed by atoms with E-state index in [0.717, 1.165) is 12.2 Å². The molecule has 1 aliphatic rings. The number of aromatic amines is 1. The molecule has 4 nitrogen and oxygen atoms in total. The van der Waals surface area contributed by atoms with Gasteiger partial charge in [-0.3, -0.25) is 9.59 Å². The van der Waals surface area contributed by atoms with Gasteiger partial charge in [0.05, 0.1) is 5.56 Å². The van der Waals surface area contributed by atoms with E-state index in [9.17, 15) is 9.59 Å². The van der Waals surface area contributed by atoms with E-state index < -0.39 is 0 Å². The van der Waals surface area contributed by atoms with Crippen LogP contribution in [0.2, 0.25) is 5.02 Å². The Balaban J connectivity index is 1.71. The SMILES string of the molecule is O=C(c1c[nH]c(=O)c(Cl)c1)N1CCSC(c2cccs2)CC1. The normalized spacial score (nSPS) is 19.0. The number of aromatic nitrogens is 1. The third-order valence-electron chi connectivity index (χ3n) is 3.59. The fourth-order valence-corrected chi connectivity index (χ4v) is 4.85. The van der Waals surface area contributed by atoms with Gasteiger partial charge in [0.25, 0.3) is 11.5 Å². The molecule has 1 aliphatic heterocycles. The molecule has 1 amide bonds. The molecule has 0 radical (unpaired) electrons. The number of thioether (sulfide) groups is 1. The number of nitrogens with one attached hydrogen (secondary N) is 1. The van der Waals surface area contributed by atoms with Crippen LogP contribution in [0.4, 0.5) is 0 Å². The molecule has 2 aromatic heterocycles. The van der Waals surface area contributed by atoms with Crippen molar-refractivity contribution < 1.29 is 4.79 Å². The van der Waals surface area contributed by atoms with Crippen molar-refractivity contribution in [2.75, 3.05) is 18.8 Å². The number of thiophene rings is 1. The standard InChI is InChI=1S/C15H15ClN2O2S2/c16-11-8-10(9-17-14(11)19)15(20)18-4-3-13(22-7-5-18)12-2-1-6-21-12/h1-2,6,8-9,13H,3-5,7H2,(H,17,19). The fourth-order valence-electron chi connectivity index (χ4n) is 2.44. The minimum atomic E-state index is -0.373. The number of amides is 1. The Labute approximate surface area is 141 Å². The van der Waals surface area contributed by atoms with Gasteiger partial charge in [0, 0.05) is 35.2 Å². The first kappa shape index (κ1) is 15.6. The number of carbonyl (C=O) groups is 1. The number of pyridine rings is 1. The third-order valence-corrected chi connectivity index (χ3v) is 6.32. The van der Waals surface area contributed by atoms with Crippen LogP contribution < -0.4 is 5.56 Å².